The van der Waals surface area contributed by atoms with Crippen molar-refractivity contribution in [3.8, 4) is 0 Å². The van der Waals surface area contributed by atoms with Crippen LogP contribution in [-0.2, 0) is 32.7 Å². The number of quaternary nitrogens is 1. The lowest BCUT2D eigenvalue weighted by Gasteiger charge is -2.28. The Bertz CT molecular complexity index is 2040. The molecule has 0 saturated heterocycles. The Kier molecular flexibility index (Phi) is 72.8. The number of likely N-dealkylation sites (N-methyl/N-ethyl adjacent to an activating group) is 1. The minimum atomic E-state index is -4.65. The monoisotopic (exact) mass is 1360 g/mol. The van der Waals surface area contributed by atoms with Crippen molar-refractivity contribution in [3.05, 3.63) is 122 Å². The van der Waals surface area contributed by atoms with Crippen molar-refractivity contribution in [2.75, 3.05) is 47.5 Å². The molecule has 0 bridgehead atoms. The van der Waals surface area contributed by atoms with Crippen molar-refractivity contribution in [1.29, 1.82) is 0 Å². The molecular weight excluding hydrogens is 1210 g/mol. The summed E-state index contributed by atoms with van der Waals surface area (Å²) in [4.78, 5) is 38.2. The van der Waals surface area contributed by atoms with E-state index >= 15 is 0 Å². The highest BCUT2D eigenvalue weighted by Gasteiger charge is 2.22. The van der Waals surface area contributed by atoms with Crippen molar-refractivity contribution in [3.63, 3.8) is 0 Å². The number of unbranched alkanes of at least 4 members (excludes halogenated alkanes) is 40. The Hall–Kier alpha value is -3.59. The Balaban J connectivity index is 3.98. The number of rotatable bonds is 74. The van der Waals surface area contributed by atoms with Crippen LogP contribution in [0.3, 0.4) is 0 Å². The summed E-state index contributed by atoms with van der Waals surface area (Å²) in [5.41, 5.74) is 0. The molecule has 9 nitrogen and oxygen atoms in total. The SMILES string of the molecule is CC/C=C\C/C=C\C/C=C\C/C=C\C/C=C\C/C=C\C/C=C\C/C=C\CCCCCCCCCCC(=O)OC(COC(=O)CCCCCCCCCCCCCCCCCCCCCCCCCCCCC/C=C\C/C=C\CCCCCCC)COP(=O)([O-])OCC[N+](C)(C)C. The molecular formula is C86H152NO8P. The maximum absolute atomic E-state index is 12.9. The molecule has 10 heteroatoms. The van der Waals surface area contributed by atoms with Crippen LogP contribution >= 0.6 is 7.82 Å². The average Bonchev–Trinajstić information content (AvgIpc) is 1.48. The fraction of sp³-hybridized carbons (Fsp3) is 0.744. The Morgan fingerprint density at radius 1 is 0.333 bits per heavy atom. The van der Waals surface area contributed by atoms with Crippen LogP contribution in [0.1, 0.15) is 361 Å². The van der Waals surface area contributed by atoms with E-state index in [4.69, 9.17) is 18.5 Å². The van der Waals surface area contributed by atoms with Gasteiger partial charge in [-0.15, -0.1) is 0 Å². The van der Waals surface area contributed by atoms with Crippen LogP contribution in [0.5, 0.6) is 0 Å². The summed E-state index contributed by atoms with van der Waals surface area (Å²) in [6, 6.07) is 0. The molecule has 0 radical (unpaired) electrons. The summed E-state index contributed by atoms with van der Waals surface area (Å²) in [5.74, 6) is -0.835. The third-order valence-corrected chi connectivity index (χ3v) is 18.4. The van der Waals surface area contributed by atoms with Crippen LogP contribution in [0.15, 0.2) is 122 Å². The highest BCUT2D eigenvalue weighted by molar-refractivity contribution is 7.45. The highest BCUT2D eigenvalue weighted by atomic mass is 31.2. The van der Waals surface area contributed by atoms with E-state index in [1.807, 2.05) is 21.1 Å². The summed E-state index contributed by atoms with van der Waals surface area (Å²) in [7, 11) is 1.16. The van der Waals surface area contributed by atoms with Crippen molar-refractivity contribution in [2.45, 2.75) is 367 Å². The first kappa shape index (κ1) is 92.4. The normalized spacial score (nSPS) is 13.7. The predicted octanol–water partition coefficient (Wildman–Crippen LogP) is 26.3. The van der Waals surface area contributed by atoms with Gasteiger partial charge in [-0.05, 0) is 109 Å². The molecule has 0 aliphatic heterocycles. The molecule has 0 spiro atoms. The number of ether oxygens (including phenoxy) is 2. The van der Waals surface area contributed by atoms with Crippen LogP contribution in [0, 0.1) is 0 Å². The smallest absolute Gasteiger partial charge is 0.306 e. The number of carbonyl (C=O) groups excluding carboxylic acids is 2. The number of esters is 2. The Labute approximate surface area is 594 Å². The van der Waals surface area contributed by atoms with Gasteiger partial charge in [0.1, 0.15) is 19.8 Å². The fourth-order valence-electron chi connectivity index (χ4n) is 11.4. The van der Waals surface area contributed by atoms with E-state index in [-0.39, 0.29) is 32.0 Å². The first-order valence-corrected chi connectivity index (χ1v) is 41.7. The lowest BCUT2D eigenvalue weighted by Crippen LogP contribution is -2.37. The van der Waals surface area contributed by atoms with Crippen LogP contribution in [0.4, 0.5) is 0 Å². The van der Waals surface area contributed by atoms with Crippen molar-refractivity contribution >= 4 is 19.8 Å². The number of allylic oxidation sites excluding steroid dienone is 20. The molecule has 2 unspecified atom stereocenters. The van der Waals surface area contributed by atoms with Gasteiger partial charge < -0.3 is 27.9 Å². The van der Waals surface area contributed by atoms with Crippen molar-refractivity contribution in [2.24, 2.45) is 0 Å². The van der Waals surface area contributed by atoms with E-state index in [0.717, 1.165) is 103 Å². The van der Waals surface area contributed by atoms with E-state index in [2.05, 4.69) is 135 Å². The molecule has 0 aliphatic rings. The molecule has 2 atom stereocenters. The van der Waals surface area contributed by atoms with Gasteiger partial charge in [0, 0.05) is 12.8 Å². The van der Waals surface area contributed by atoms with Gasteiger partial charge in [-0.2, -0.15) is 0 Å². The molecule has 0 aliphatic carbocycles. The van der Waals surface area contributed by atoms with Gasteiger partial charge in [0.05, 0.1) is 27.7 Å². The molecule has 0 aromatic carbocycles. The molecule has 0 fully saturated rings. The van der Waals surface area contributed by atoms with Crippen LogP contribution in [0.25, 0.3) is 0 Å². The summed E-state index contributed by atoms with van der Waals surface area (Å²) < 4.78 is 34.4. The predicted molar refractivity (Wildman–Crippen MR) is 415 cm³/mol. The average molecular weight is 1360 g/mol. The van der Waals surface area contributed by atoms with Gasteiger partial charge in [-0.3, -0.25) is 14.2 Å². The number of phosphoric ester groups is 1. The van der Waals surface area contributed by atoms with Crippen molar-refractivity contribution in [1.82, 2.24) is 0 Å². The number of carbonyl (C=O) groups is 2. The lowest BCUT2D eigenvalue weighted by molar-refractivity contribution is -0.870. The maximum atomic E-state index is 12.9. The summed E-state index contributed by atoms with van der Waals surface area (Å²) >= 11 is 0. The van der Waals surface area contributed by atoms with E-state index in [9.17, 15) is 19.0 Å². The van der Waals surface area contributed by atoms with Gasteiger partial charge in [-0.25, -0.2) is 0 Å². The summed E-state index contributed by atoms with van der Waals surface area (Å²) in [6.45, 7) is 4.14. The zero-order valence-electron chi connectivity index (χ0n) is 63.3. The van der Waals surface area contributed by atoms with Crippen LogP contribution < -0.4 is 4.89 Å². The first-order valence-electron chi connectivity index (χ1n) is 40.2. The number of hydrogen-bond donors (Lipinski definition) is 0. The molecule has 554 valence electrons. The molecule has 0 N–H and O–H groups in total. The quantitative estimate of drug-likeness (QED) is 0.0195. The molecule has 0 aromatic rings. The second-order valence-electron chi connectivity index (χ2n) is 28.0. The standard InChI is InChI=1S/C86H152NO8P/c1-6-8-10-12-14-16-18-20-22-24-26-28-30-32-34-36-38-40-41-42-43-44-45-47-48-50-52-54-56-58-60-62-64-66-68-70-72-74-76-78-85(88)92-82-84(83-94-96(90,91)93-81-80-87(3,4)5)95-86(89)79-77-75-73-71-69-67-65-63-61-59-57-55-53-51-49-46-39-37-35-33-31-29-27-25-23-21-19-17-15-13-11-9-7-2/h9,11,15,17-18,20-21,23-24,26-27,29,33,35,39,46,51,53,57,59,84H,6-8,10,12-14,16,19,22,25,28,30-32,34,36-38,40-45,47-50,52,54-56,58,60-83H2,1-5H3/b11-9-,17-15-,20-18-,23-21-,26-24-,29-27-,35-33-,46-39-,53-51-,59-57-. The lowest BCUT2D eigenvalue weighted by atomic mass is 10.0. The molecule has 0 amide bonds. The van der Waals surface area contributed by atoms with Gasteiger partial charge in [0.2, 0.25) is 0 Å². The van der Waals surface area contributed by atoms with E-state index in [1.165, 1.54) is 225 Å². The van der Waals surface area contributed by atoms with Crippen LogP contribution in [-0.4, -0.2) is 70.0 Å². The molecule has 0 heterocycles. The Morgan fingerprint density at radius 3 is 0.885 bits per heavy atom. The third kappa shape index (κ3) is 79.4. The van der Waals surface area contributed by atoms with Gasteiger partial charge in [-0.1, -0.05) is 360 Å². The number of hydrogen-bond acceptors (Lipinski definition) is 8. The largest absolute Gasteiger partial charge is 0.756 e. The minimum Gasteiger partial charge on any atom is -0.756 e. The summed E-state index contributed by atoms with van der Waals surface area (Å²) in [6.07, 6.45) is 109. The molecule has 0 saturated carbocycles. The minimum absolute atomic E-state index is 0.0363. The topological polar surface area (TPSA) is 111 Å². The molecule has 96 heavy (non-hydrogen) atoms. The zero-order chi connectivity index (χ0) is 69.7. The summed E-state index contributed by atoms with van der Waals surface area (Å²) in [5, 5.41) is 0. The fourth-order valence-corrected chi connectivity index (χ4v) is 12.1. The maximum Gasteiger partial charge on any atom is 0.306 e. The third-order valence-electron chi connectivity index (χ3n) is 17.5. The van der Waals surface area contributed by atoms with Gasteiger partial charge >= 0.3 is 11.9 Å². The Morgan fingerprint density at radius 2 is 0.594 bits per heavy atom. The number of phosphoric acid groups is 1. The molecule has 0 rings (SSSR count). The zero-order valence-corrected chi connectivity index (χ0v) is 64.2. The second-order valence-corrected chi connectivity index (χ2v) is 29.5. The van der Waals surface area contributed by atoms with Gasteiger partial charge in [0.25, 0.3) is 7.82 Å². The van der Waals surface area contributed by atoms with Crippen molar-refractivity contribution < 1.29 is 42.1 Å². The van der Waals surface area contributed by atoms with E-state index in [0.29, 0.717) is 17.4 Å². The first-order chi connectivity index (χ1) is 47.0. The van der Waals surface area contributed by atoms with E-state index < -0.39 is 26.5 Å². The van der Waals surface area contributed by atoms with E-state index in [1.54, 1.807) is 0 Å². The van der Waals surface area contributed by atoms with Gasteiger partial charge in [0.15, 0.2) is 6.10 Å². The molecule has 0 aromatic heterocycles. The highest BCUT2D eigenvalue weighted by Crippen LogP contribution is 2.38. The van der Waals surface area contributed by atoms with Crippen LogP contribution in [0.2, 0.25) is 0 Å². The number of nitrogens with zero attached hydrogens (tertiary/aromatic N) is 1. The second kappa shape index (κ2) is 75.6.